The second kappa shape index (κ2) is 4.15. The Bertz CT molecular complexity index is 827. The second-order valence-corrected chi connectivity index (χ2v) is 6.70. The lowest BCUT2D eigenvalue weighted by Crippen LogP contribution is -2.34. The monoisotopic (exact) mass is 270 g/mol. The third-order valence-corrected chi connectivity index (χ3v) is 4.49. The van der Waals surface area contributed by atoms with Gasteiger partial charge in [-0.2, -0.15) is 0 Å². The molecule has 3 heteroatoms. The van der Waals surface area contributed by atoms with Crippen molar-refractivity contribution >= 4 is 37.2 Å². The van der Waals surface area contributed by atoms with E-state index in [1.807, 2.05) is 30.3 Å². The molecule has 2 aromatic carbocycles. The number of fused-ring (bicyclic) bond motifs is 2. The first-order chi connectivity index (χ1) is 8.97. The van der Waals surface area contributed by atoms with Crippen LogP contribution in [0.2, 0.25) is 0 Å². The number of quaternary nitrogens is 1. The van der Waals surface area contributed by atoms with Crippen molar-refractivity contribution in [2.75, 3.05) is 21.1 Å². The van der Waals surface area contributed by atoms with Gasteiger partial charge < -0.3 is 0 Å². The standard InChI is InChI=1S/C16H16NOS/c1-17(2,3)11-8-9-15-13(10-11)16(18)12-6-4-5-7-14(12)19-15/h4-10H,1-3H3/q+1. The van der Waals surface area contributed by atoms with E-state index < -0.39 is 0 Å². The molecule has 0 aliphatic rings. The highest BCUT2D eigenvalue weighted by molar-refractivity contribution is 7.24. The lowest BCUT2D eigenvalue weighted by molar-refractivity contribution is 0.487. The maximum Gasteiger partial charge on any atom is 0.196 e. The highest BCUT2D eigenvalue weighted by Gasteiger charge is 2.14. The summed E-state index contributed by atoms with van der Waals surface area (Å²) in [6, 6.07) is 14.0. The zero-order valence-corrected chi connectivity index (χ0v) is 12.1. The zero-order valence-electron chi connectivity index (χ0n) is 11.3. The van der Waals surface area contributed by atoms with Gasteiger partial charge >= 0.3 is 0 Å². The fourth-order valence-electron chi connectivity index (χ4n) is 2.21. The minimum absolute atomic E-state index is 0.139. The molecule has 1 heterocycles. The van der Waals surface area contributed by atoms with Crippen molar-refractivity contribution in [1.82, 2.24) is 4.48 Å². The van der Waals surface area contributed by atoms with E-state index in [1.54, 1.807) is 11.3 Å². The summed E-state index contributed by atoms with van der Waals surface area (Å²) in [5, 5.41) is 1.65. The number of benzene rings is 2. The van der Waals surface area contributed by atoms with Crippen molar-refractivity contribution in [2.24, 2.45) is 0 Å². The molecule has 2 nitrogen and oxygen atoms in total. The first-order valence-electron chi connectivity index (χ1n) is 6.24. The fourth-order valence-corrected chi connectivity index (χ4v) is 3.26. The predicted octanol–water partition coefficient (Wildman–Crippen LogP) is 3.61. The van der Waals surface area contributed by atoms with Crippen molar-refractivity contribution in [1.29, 1.82) is 0 Å². The Kier molecular flexibility index (Phi) is 2.69. The molecular weight excluding hydrogens is 254 g/mol. The SMILES string of the molecule is C[N+](C)(C)c1ccc2sc3ccccc3c(=O)c2c1. The van der Waals surface area contributed by atoms with E-state index in [0.29, 0.717) is 4.48 Å². The van der Waals surface area contributed by atoms with Crippen molar-refractivity contribution < 1.29 is 0 Å². The van der Waals surface area contributed by atoms with Crippen LogP contribution in [0.4, 0.5) is 5.69 Å². The summed E-state index contributed by atoms with van der Waals surface area (Å²) in [6.07, 6.45) is 0. The molecule has 0 N–H and O–H groups in total. The first-order valence-corrected chi connectivity index (χ1v) is 7.06. The maximum atomic E-state index is 12.6. The molecule has 0 aliphatic heterocycles. The van der Waals surface area contributed by atoms with Gasteiger partial charge in [0.1, 0.15) is 5.69 Å². The maximum absolute atomic E-state index is 12.6. The summed E-state index contributed by atoms with van der Waals surface area (Å²) in [5.41, 5.74) is 1.28. The van der Waals surface area contributed by atoms with Crippen LogP contribution < -0.4 is 9.91 Å². The van der Waals surface area contributed by atoms with E-state index in [-0.39, 0.29) is 5.43 Å². The third-order valence-electron chi connectivity index (χ3n) is 3.33. The highest BCUT2D eigenvalue weighted by atomic mass is 32.1. The fraction of sp³-hybridized carbons (Fsp3) is 0.188. The van der Waals surface area contributed by atoms with Crippen LogP contribution >= 0.6 is 11.3 Å². The van der Waals surface area contributed by atoms with E-state index in [1.165, 1.54) is 0 Å². The van der Waals surface area contributed by atoms with Crippen LogP contribution in [-0.2, 0) is 0 Å². The summed E-state index contributed by atoms with van der Waals surface area (Å²) in [7, 11) is 6.32. The number of hydrogen-bond acceptors (Lipinski definition) is 2. The quantitative estimate of drug-likeness (QED) is 0.487. The van der Waals surface area contributed by atoms with Crippen molar-refractivity contribution in [3.05, 3.63) is 52.7 Å². The van der Waals surface area contributed by atoms with Gasteiger partial charge in [0.25, 0.3) is 0 Å². The van der Waals surface area contributed by atoms with Gasteiger partial charge in [0.05, 0.1) is 21.1 Å². The molecule has 0 unspecified atom stereocenters. The molecule has 0 amide bonds. The molecule has 0 spiro atoms. The normalized spacial score (nSPS) is 12.2. The molecule has 0 saturated heterocycles. The molecule has 0 radical (unpaired) electrons. The molecule has 3 rings (SSSR count). The van der Waals surface area contributed by atoms with E-state index in [2.05, 4.69) is 33.3 Å². The number of nitrogens with zero attached hydrogens (tertiary/aromatic N) is 1. The summed E-state index contributed by atoms with van der Waals surface area (Å²) >= 11 is 1.68. The third kappa shape index (κ3) is 2.05. The molecule has 19 heavy (non-hydrogen) atoms. The summed E-state index contributed by atoms with van der Waals surface area (Å²) in [6.45, 7) is 0. The van der Waals surface area contributed by atoms with Crippen LogP contribution in [0.25, 0.3) is 20.2 Å². The van der Waals surface area contributed by atoms with Crippen LogP contribution in [0.1, 0.15) is 0 Å². The first kappa shape index (κ1) is 12.3. The van der Waals surface area contributed by atoms with Gasteiger partial charge in [-0.15, -0.1) is 11.3 Å². The Hall–Kier alpha value is -1.71. The summed E-state index contributed by atoms with van der Waals surface area (Å²) in [4.78, 5) is 12.6. The van der Waals surface area contributed by atoms with Crippen LogP contribution in [0.5, 0.6) is 0 Å². The molecular formula is C16H16NOS+. The molecule has 0 atom stereocenters. The van der Waals surface area contributed by atoms with E-state index in [0.717, 1.165) is 25.9 Å². The van der Waals surface area contributed by atoms with Crippen LogP contribution in [0.15, 0.2) is 47.3 Å². The van der Waals surface area contributed by atoms with E-state index >= 15 is 0 Å². The molecule has 0 saturated carbocycles. The number of rotatable bonds is 1. The minimum Gasteiger partial charge on any atom is -0.298 e. The molecule has 0 aliphatic carbocycles. The van der Waals surface area contributed by atoms with Crippen LogP contribution in [0.3, 0.4) is 0 Å². The second-order valence-electron chi connectivity index (χ2n) is 5.62. The van der Waals surface area contributed by atoms with E-state index in [9.17, 15) is 4.79 Å². The lowest BCUT2D eigenvalue weighted by atomic mass is 10.1. The largest absolute Gasteiger partial charge is 0.298 e. The van der Waals surface area contributed by atoms with Crippen LogP contribution in [0, 0.1) is 0 Å². The Morgan fingerprint density at radius 3 is 2.32 bits per heavy atom. The van der Waals surface area contributed by atoms with Gasteiger partial charge in [0, 0.05) is 32.3 Å². The van der Waals surface area contributed by atoms with Gasteiger partial charge in [0.15, 0.2) is 5.43 Å². The van der Waals surface area contributed by atoms with Gasteiger partial charge in [0.2, 0.25) is 0 Å². The molecule has 1 aromatic heterocycles. The topological polar surface area (TPSA) is 17.1 Å². The van der Waals surface area contributed by atoms with Crippen molar-refractivity contribution in [2.45, 2.75) is 0 Å². The molecule has 0 bridgehead atoms. The molecule has 96 valence electrons. The van der Waals surface area contributed by atoms with Crippen molar-refractivity contribution in [3.8, 4) is 0 Å². The number of hydrogen-bond donors (Lipinski definition) is 0. The Balaban J connectivity index is 2.43. The lowest BCUT2D eigenvalue weighted by Gasteiger charge is -2.23. The Labute approximate surface area is 116 Å². The minimum atomic E-state index is 0.139. The van der Waals surface area contributed by atoms with Crippen LogP contribution in [-0.4, -0.2) is 21.1 Å². The molecule has 0 fully saturated rings. The smallest absolute Gasteiger partial charge is 0.196 e. The Morgan fingerprint density at radius 2 is 1.58 bits per heavy atom. The average Bonchev–Trinajstić information content (AvgIpc) is 2.37. The van der Waals surface area contributed by atoms with Crippen molar-refractivity contribution in [3.63, 3.8) is 0 Å². The van der Waals surface area contributed by atoms with Gasteiger partial charge in [-0.05, 0) is 18.2 Å². The van der Waals surface area contributed by atoms with Gasteiger partial charge in [-0.1, -0.05) is 12.1 Å². The molecule has 3 aromatic rings. The highest BCUT2D eigenvalue weighted by Crippen LogP contribution is 2.28. The van der Waals surface area contributed by atoms with E-state index in [4.69, 9.17) is 0 Å². The van der Waals surface area contributed by atoms with Gasteiger partial charge in [-0.3, -0.25) is 9.28 Å². The average molecular weight is 270 g/mol. The predicted molar refractivity (Wildman–Crippen MR) is 85.2 cm³/mol. The summed E-state index contributed by atoms with van der Waals surface area (Å²) in [5.74, 6) is 0. The Morgan fingerprint density at radius 1 is 0.895 bits per heavy atom. The zero-order chi connectivity index (χ0) is 13.6. The summed E-state index contributed by atoms with van der Waals surface area (Å²) < 4.78 is 2.83. The van der Waals surface area contributed by atoms with Gasteiger partial charge in [-0.25, -0.2) is 0 Å².